The molecule has 4 rings (SSSR count). The Labute approximate surface area is 146 Å². The van der Waals surface area contributed by atoms with Crippen molar-refractivity contribution < 1.29 is 4.79 Å². The van der Waals surface area contributed by atoms with Crippen molar-refractivity contribution in [2.24, 2.45) is 0 Å². The molecule has 2 atom stereocenters. The number of thiazole rings is 1. The molecule has 1 amide bonds. The number of piperidine rings is 1. The molecular formula is C19H23N3OS. The highest BCUT2D eigenvalue weighted by Crippen LogP contribution is 2.36. The van der Waals surface area contributed by atoms with E-state index in [2.05, 4.69) is 45.5 Å². The molecule has 1 aromatic heterocycles. The summed E-state index contributed by atoms with van der Waals surface area (Å²) in [7, 11) is 0. The van der Waals surface area contributed by atoms with Crippen molar-refractivity contribution in [2.75, 3.05) is 0 Å². The topological polar surface area (TPSA) is 45.2 Å². The van der Waals surface area contributed by atoms with Gasteiger partial charge in [-0.1, -0.05) is 30.3 Å². The van der Waals surface area contributed by atoms with Gasteiger partial charge < -0.3 is 5.32 Å². The van der Waals surface area contributed by atoms with Gasteiger partial charge in [-0.25, -0.2) is 4.98 Å². The van der Waals surface area contributed by atoms with Gasteiger partial charge in [-0.05, 0) is 38.2 Å². The molecule has 2 fully saturated rings. The average molecular weight is 341 g/mol. The van der Waals surface area contributed by atoms with Gasteiger partial charge in [0.2, 0.25) is 0 Å². The molecule has 5 heteroatoms. The number of carbonyl (C=O) groups is 1. The van der Waals surface area contributed by atoms with Crippen molar-refractivity contribution in [3.05, 3.63) is 52.0 Å². The molecule has 0 spiro atoms. The molecule has 1 aromatic carbocycles. The molecule has 0 radical (unpaired) electrons. The average Bonchev–Trinajstić information content (AvgIpc) is 3.10. The third-order valence-corrected chi connectivity index (χ3v) is 6.05. The van der Waals surface area contributed by atoms with Crippen LogP contribution in [0.5, 0.6) is 0 Å². The molecule has 2 aliphatic heterocycles. The Bertz CT molecular complexity index is 700. The Morgan fingerprint density at radius 1 is 1.25 bits per heavy atom. The zero-order valence-electron chi connectivity index (χ0n) is 13.9. The van der Waals surface area contributed by atoms with Crippen LogP contribution >= 0.6 is 11.3 Å². The number of aromatic nitrogens is 1. The van der Waals surface area contributed by atoms with Gasteiger partial charge in [0.15, 0.2) is 0 Å². The van der Waals surface area contributed by atoms with Gasteiger partial charge in [0.1, 0.15) is 5.69 Å². The van der Waals surface area contributed by atoms with Crippen molar-refractivity contribution in [1.29, 1.82) is 0 Å². The predicted molar refractivity (Wildman–Crippen MR) is 96.1 cm³/mol. The molecule has 2 aromatic rings. The number of carbonyl (C=O) groups excluding carboxylic acids is 1. The summed E-state index contributed by atoms with van der Waals surface area (Å²) in [4.78, 5) is 19.3. The summed E-state index contributed by atoms with van der Waals surface area (Å²) in [5.74, 6) is -0.0136. The summed E-state index contributed by atoms with van der Waals surface area (Å²) in [6.07, 6.45) is 4.61. The number of benzene rings is 1. The first-order valence-electron chi connectivity index (χ1n) is 8.71. The summed E-state index contributed by atoms with van der Waals surface area (Å²) < 4.78 is 0. The Morgan fingerprint density at radius 3 is 2.58 bits per heavy atom. The van der Waals surface area contributed by atoms with Crippen LogP contribution < -0.4 is 5.32 Å². The summed E-state index contributed by atoms with van der Waals surface area (Å²) >= 11 is 1.53. The number of nitrogens with zero attached hydrogens (tertiary/aromatic N) is 2. The van der Waals surface area contributed by atoms with E-state index in [1.54, 1.807) is 0 Å². The maximum Gasteiger partial charge on any atom is 0.270 e. The number of aryl methyl sites for hydroxylation is 1. The summed E-state index contributed by atoms with van der Waals surface area (Å²) in [6, 6.07) is 12.2. The highest BCUT2D eigenvalue weighted by molar-refractivity contribution is 7.09. The van der Waals surface area contributed by atoms with Gasteiger partial charge in [0.05, 0.1) is 5.01 Å². The van der Waals surface area contributed by atoms with Crippen LogP contribution in [0.4, 0.5) is 0 Å². The highest BCUT2D eigenvalue weighted by atomic mass is 32.1. The minimum absolute atomic E-state index is 0.0136. The standard InChI is InChI=1S/C19H23N3OS/c1-13-20-18(12-24-13)19(23)21-15-9-16-7-8-17(10-15)22(16)11-14-5-3-2-4-6-14/h2-6,12,15-17H,7-11H2,1H3,(H,21,23). The molecule has 2 unspecified atom stereocenters. The fraction of sp³-hybridized carbons (Fsp3) is 0.474. The Kier molecular flexibility index (Phi) is 4.37. The van der Waals surface area contributed by atoms with Crippen molar-refractivity contribution in [1.82, 2.24) is 15.2 Å². The van der Waals surface area contributed by atoms with E-state index in [0.29, 0.717) is 17.8 Å². The van der Waals surface area contributed by atoms with E-state index in [0.717, 1.165) is 24.4 Å². The highest BCUT2D eigenvalue weighted by Gasteiger charge is 2.41. The van der Waals surface area contributed by atoms with Crippen LogP contribution in [0.2, 0.25) is 0 Å². The van der Waals surface area contributed by atoms with Crippen LogP contribution in [0, 0.1) is 6.92 Å². The third-order valence-electron chi connectivity index (χ3n) is 5.28. The number of amides is 1. The predicted octanol–water partition coefficient (Wildman–Crippen LogP) is 3.38. The minimum Gasteiger partial charge on any atom is -0.348 e. The zero-order valence-corrected chi connectivity index (χ0v) is 14.8. The molecule has 0 aliphatic carbocycles. The molecule has 2 aliphatic rings. The largest absolute Gasteiger partial charge is 0.348 e. The van der Waals surface area contributed by atoms with Crippen LogP contribution in [0.1, 0.15) is 46.7 Å². The third kappa shape index (κ3) is 3.23. The van der Waals surface area contributed by atoms with E-state index in [4.69, 9.17) is 0 Å². The fourth-order valence-corrected chi connectivity index (χ4v) is 4.76. The Morgan fingerprint density at radius 2 is 1.96 bits per heavy atom. The first-order valence-corrected chi connectivity index (χ1v) is 9.59. The monoisotopic (exact) mass is 341 g/mol. The molecule has 4 nitrogen and oxygen atoms in total. The van der Waals surface area contributed by atoms with Gasteiger partial charge in [-0.15, -0.1) is 11.3 Å². The van der Waals surface area contributed by atoms with Crippen LogP contribution in [0.15, 0.2) is 35.7 Å². The number of fused-ring (bicyclic) bond motifs is 2. The second kappa shape index (κ2) is 6.65. The van der Waals surface area contributed by atoms with Crippen LogP contribution in [0.25, 0.3) is 0 Å². The first-order chi connectivity index (χ1) is 11.7. The smallest absolute Gasteiger partial charge is 0.270 e. The zero-order chi connectivity index (χ0) is 16.5. The van der Waals surface area contributed by atoms with Crippen LogP contribution in [-0.2, 0) is 6.54 Å². The number of hydrogen-bond acceptors (Lipinski definition) is 4. The SMILES string of the molecule is Cc1nc(C(=O)NC2CC3CCC(C2)N3Cc2ccccc2)cs1. The van der Waals surface area contributed by atoms with Crippen molar-refractivity contribution in [2.45, 2.75) is 57.3 Å². The molecule has 1 N–H and O–H groups in total. The van der Waals surface area contributed by atoms with E-state index in [9.17, 15) is 4.79 Å². The van der Waals surface area contributed by atoms with Gasteiger partial charge in [-0.2, -0.15) is 0 Å². The lowest BCUT2D eigenvalue weighted by molar-refractivity contribution is 0.0824. The van der Waals surface area contributed by atoms with E-state index in [1.807, 2.05) is 12.3 Å². The second-order valence-corrected chi connectivity index (χ2v) is 8.00. The van der Waals surface area contributed by atoms with Crippen molar-refractivity contribution in [3.63, 3.8) is 0 Å². The van der Waals surface area contributed by atoms with Crippen LogP contribution in [-0.4, -0.2) is 33.9 Å². The van der Waals surface area contributed by atoms with E-state index < -0.39 is 0 Å². The molecule has 2 bridgehead atoms. The lowest BCUT2D eigenvalue weighted by Crippen LogP contribution is -2.50. The minimum atomic E-state index is -0.0136. The first kappa shape index (κ1) is 15.8. The Hall–Kier alpha value is -1.72. The van der Waals surface area contributed by atoms with Crippen molar-refractivity contribution in [3.8, 4) is 0 Å². The lowest BCUT2D eigenvalue weighted by Gasteiger charge is -2.39. The van der Waals surface area contributed by atoms with E-state index >= 15 is 0 Å². The fourth-order valence-electron chi connectivity index (χ4n) is 4.17. The van der Waals surface area contributed by atoms with Gasteiger partial charge >= 0.3 is 0 Å². The Balaban J connectivity index is 1.38. The second-order valence-electron chi connectivity index (χ2n) is 6.94. The summed E-state index contributed by atoms with van der Waals surface area (Å²) in [5.41, 5.74) is 1.95. The van der Waals surface area contributed by atoms with Crippen LogP contribution in [0.3, 0.4) is 0 Å². The molecular weight excluding hydrogens is 318 g/mol. The number of nitrogens with one attached hydrogen (secondary N) is 1. The number of rotatable bonds is 4. The van der Waals surface area contributed by atoms with Gasteiger partial charge in [-0.3, -0.25) is 9.69 Å². The maximum atomic E-state index is 12.4. The quantitative estimate of drug-likeness (QED) is 0.927. The summed E-state index contributed by atoms with van der Waals surface area (Å²) in [5, 5.41) is 6.01. The van der Waals surface area contributed by atoms with E-state index in [1.165, 1.54) is 29.7 Å². The van der Waals surface area contributed by atoms with Crippen molar-refractivity contribution >= 4 is 17.2 Å². The van der Waals surface area contributed by atoms with Gasteiger partial charge in [0.25, 0.3) is 5.91 Å². The molecule has 24 heavy (non-hydrogen) atoms. The number of hydrogen-bond donors (Lipinski definition) is 1. The molecule has 126 valence electrons. The van der Waals surface area contributed by atoms with Gasteiger partial charge in [0, 0.05) is 30.1 Å². The molecule has 3 heterocycles. The summed E-state index contributed by atoms with van der Waals surface area (Å²) in [6.45, 7) is 2.96. The normalized spacial score (nSPS) is 26.5. The lowest BCUT2D eigenvalue weighted by atomic mass is 9.96. The molecule has 2 saturated heterocycles. The maximum absolute atomic E-state index is 12.4. The van der Waals surface area contributed by atoms with E-state index in [-0.39, 0.29) is 11.9 Å². The molecule has 0 saturated carbocycles.